The van der Waals surface area contributed by atoms with Gasteiger partial charge in [0.1, 0.15) is 12.1 Å². The molecule has 1 aliphatic rings. The number of nitrogens with one attached hydrogen (secondary N) is 3. The molecule has 0 aromatic heterocycles. The monoisotopic (exact) mass is 557 g/mol. The van der Waals surface area contributed by atoms with E-state index in [9.17, 15) is 19.5 Å². The van der Waals surface area contributed by atoms with Crippen LogP contribution in [0, 0.1) is 11.8 Å². The summed E-state index contributed by atoms with van der Waals surface area (Å²) in [5, 5.41) is 18.8. The van der Waals surface area contributed by atoms with E-state index < -0.39 is 35.6 Å². The number of carbonyl (C=O) groups excluding carboxylic acids is 3. The summed E-state index contributed by atoms with van der Waals surface area (Å²) in [5.41, 5.74) is 1.05. The predicted octanol–water partition coefficient (Wildman–Crippen LogP) is 4.50. The zero-order chi connectivity index (χ0) is 28.6. The van der Waals surface area contributed by atoms with E-state index in [1.54, 1.807) is 6.07 Å². The van der Waals surface area contributed by atoms with Crippen LogP contribution in [0.3, 0.4) is 0 Å². The molecule has 212 valence electrons. The van der Waals surface area contributed by atoms with E-state index in [0.717, 1.165) is 11.1 Å². The van der Waals surface area contributed by atoms with E-state index in [-0.39, 0.29) is 24.3 Å². The van der Waals surface area contributed by atoms with Crippen molar-refractivity contribution < 1.29 is 24.2 Å². The van der Waals surface area contributed by atoms with Crippen LogP contribution in [-0.4, -0.2) is 48.2 Å². The van der Waals surface area contributed by atoms with Crippen molar-refractivity contribution in [2.24, 2.45) is 11.8 Å². The number of ether oxygens (including phenoxy) is 1. The lowest BCUT2D eigenvalue weighted by atomic mass is 9.76. The summed E-state index contributed by atoms with van der Waals surface area (Å²) in [6.45, 7) is 8.15. The van der Waals surface area contributed by atoms with Gasteiger partial charge in [0.05, 0.1) is 12.6 Å². The number of hydrogen-bond donors (Lipinski definition) is 4. The maximum atomic E-state index is 13.3. The van der Waals surface area contributed by atoms with Gasteiger partial charge in [-0.25, -0.2) is 4.79 Å². The summed E-state index contributed by atoms with van der Waals surface area (Å²) < 4.78 is 6.04. The highest BCUT2D eigenvalue weighted by atomic mass is 35.5. The van der Waals surface area contributed by atoms with Gasteiger partial charge in [0, 0.05) is 22.9 Å². The molecule has 4 atom stereocenters. The van der Waals surface area contributed by atoms with E-state index in [2.05, 4.69) is 16.0 Å². The van der Waals surface area contributed by atoms with Gasteiger partial charge in [-0.2, -0.15) is 0 Å². The molecule has 1 heterocycles. The number of halogens is 1. The number of aliphatic hydroxyl groups is 1. The van der Waals surface area contributed by atoms with E-state index >= 15 is 0 Å². The van der Waals surface area contributed by atoms with Crippen molar-refractivity contribution in [3.63, 3.8) is 0 Å². The molecular formula is C30H40ClN3O5. The zero-order valence-corrected chi connectivity index (χ0v) is 23.8. The summed E-state index contributed by atoms with van der Waals surface area (Å²) in [6.07, 6.45) is -0.0383. The number of carbonyl (C=O) groups is 3. The van der Waals surface area contributed by atoms with Gasteiger partial charge in [0.25, 0.3) is 0 Å². The number of benzene rings is 2. The van der Waals surface area contributed by atoms with Gasteiger partial charge < -0.3 is 25.8 Å². The van der Waals surface area contributed by atoms with E-state index in [1.165, 1.54) is 0 Å². The molecule has 0 bridgehead atoms. The fourth-order valence-corrected chi connectivity index (χ4v) is 5.17. The molecule has 4 N–H and O–H groups in total. The van der Waals surface area contributed by atoms with Crippen LogP contribution in [0.15, 0.2) is 54.6 Å². The largest absolute Gasteiger partial charge is 0.440 e. The second-order valence-electron chi connectivity index (χ2n) is 11.2. The van der Waals surface area contributed by atoms with Gasteiger partial charge in [0.15, 0.2) is 0 Å². The fourth-order valence-electron chi connectivity index (χ4n) is 4.98. The van der Waals surface area contributed by atoms with Crippen LogP contribution in [0.1, 0.15) is 64.2 Å². The van der Waals surface area contributed by atoms with Crippen LogP contribution >= 0.6 is 11.6 Å². The van der Waals surface area contributed by atoms with Crippen LogP contribution in [0.2, 0.25) is 5.02 Å². The van der Waals surface area contributed by atoms with Crippen molar-refractivity contribution in [2.75, 3.05) is 13.2 Å². The Morgan fingerprint density at radius 2 is 1.85 bits per heavy atom. The lowest BCUT2D eigenvalue weighted by molar-refractivity contribution is -0.126. The van der Waals surface area contributed by atoms with Crippen LogP contribution < -0.4 is 16.0 Å². The van der Waals surface area contributed by atoms with Gasteiger partial charge in [0.2, 0.25) is 11.8 Å². The topological polar surface area (TPSA) is 117 Å². The molecule has 0 saturated carbocycles. The molecule has 1 saturated heterocycles. The van der Waals surface area contributed by atoms with Crippen molar-refractivity contribution in [1.82, 2.24) is 16.0 Å². The Morgan fingerprint density at radius 3 is 2.44 bits per heavy atom. The van der Waals surface area contributed by atoms with Gasteiger partial charge in [-0.3, -0.25) is 9.59 Å². The molecule has 39 heavy (non-hydrogen) atoms. The summed E-state index contributed by atoms with van der Waals surface area (Å²) in [7, 11) is 0. The summed E-state index contributed by atoms with van der Waals surface area (Å²) >= 11 is 6.27. The molecule has 8 nitrogen and oxygen atoms in total. The number of rotatable bonds is 12. The van der Waals surface area contributed by atoms with Crippen LogP contribution in [0.4, 0.5) is 4.79 Å². The fraction of sp³-hybridized carbons (Fsp3) is 0.500. The lowest BCUT2D eigenvalue weighted by Gasteiger charge is -2.35. The Hall–Kier alpha value is -3.10. The number of hydrogen-bond acceptors (Lipinski definition) is 5. The Kier molecular flexibility index (Phi) is 10.8. The molecule has 1 fully saturated rings. The molecule has 3 unspecified atom stereocenters. The summed E-state index contributed by atoms with van der Waals surface area (Å²) in [4.78, 5) is 38.5. The van der Waals surface area contributed by atoms with E-state index in [4.69, 9.17) is 16.3 Å². The molecular weight excluding hydrogens is 518 g/mol. The van der Waals surface area contributed by atoms with Gasteiger partial charge in [-0.15, -0.1) is 0 Å². The molecule has 9 heteroatoms. The van der Waals surface area contributed by atoms with E-state index in [0.29, 0.717) is 30.8 Å². The molecule has 2 aromatic rings. The molecule has 3 rings (SSSR count). The zero-order valence-electron chi connectivity index (χ0n) is 23.1. The Bertz CT molecular complexity index is 1120. The first-order chi connectivity index (χ1) is 18.5. The van der Waals surface area contributed by atoms with Crippen molar-refractivity contribution in [2.45, 2.75) is 70.6 Å². The molecule has 0 aliphatic carbocycles. The second-order valence-corrected chi connectivity index (χ2v) is 11.6. The van der Waals surface area contributed by atoms with Gasteiger partial charge in [-0.05, 0) is 48.4 Å². The van der Waals surface area contributed by atoms with Crippen molar-refractivity contribution in [1.29, 1.82) is 0 Å². The molecule has 2 aromatic carbocycles. The van der Waals surface area contributed by atoms with Gasteiger partial charge >= 0.3 is 6.09 Å². The average Bonchev–Trinajstić information content (AvgIpc) is 3.30. The minimum Gasteiger partial charge on any atom is -0.440 e. The molecule has 3 amide bonds. The number of amides is 3. The predicted molar refractivity (Wildman–Crippen MR) is 151 cm³/mol. The maximum Gasteiger partial charge on any atom is 0.408 e. The molecule has 0 radical (unpaired) electrons. The quantitative estimate of drug-likeness (QED) is 0.306. The highest BCUT2D eigenvalue weighted by Crippen LogP contribution is 2.40. The smallest absolute Gasteiger partial charge is 0.408 e. The third kappa shape index (κ3) is 8.44. The van der Waals surface area contributed by atoms with Crippen molar-refractivity contribution in [3.05, 3.63) is 70.7 Å². The number of alkyl carbamates (subject to hydrolysis) is 1. The van der Waals surface area contributed by atoms with Crippen LogP contribution in [-0.2, 0) is 19.7 Å². The number of aliphatic hydroxyl groups excluding tert-OH is 1. The standard InChI is InChI=1S/C30H40ClN3O5/c1-19(2)15-25(28(37)33-24(18-35)16-21-13-14-32-27(21)36)34-29(38)39-26(20-9-6-5-7-10-20)30(3,4)22-11-8-12-23(31)17-22/h5-12,17,19,21,24-26,35H,13-16,18H2,1-4H3,(H,32,36)(H,33,37)(H,34,38)/t21-,24?,25?,26?/m0/s1. The minimum absolute atomic E-state index is 0.0718. The Morgan fingerprint density at radius 1 is 1.13 bits per heavy atom. The van der Waals surface area contributed by atoms with Crippen LogP contribution in [0.5, 0.6) is 0 Å². The average molecular weight is 558 g/mol. The third-order valence-electron chi connectivity index (χ3n) is 7.17. The first kappa shape index (κ1) is 30.4. The minimum atomic E-state index is -0.880. The first-order valence-corrected chi connectivity index (χ1v) is 13.9. The normalized spacial score (nSPS) is 17.7. The summed E-state index contributed by atoms with van der Waals surface area (Å²) in [5.74, 6) is -0.660. The van der Waals surface area contributed by atoms with Crippen LogP contribution in [0.25, 0.3) is 0 Å². The Balaban J connectivity index is 1.77. The SMILES string of the molecule is CC(C)CC(NC(=O)OC(c1ccccc1)C(C)(C)c1cccc(Cl)c1)C(=O)NC(CO)C[C@@H]1CCNC1=O. The highest BCUT2D eigenvalue weighted by Gasteiger charge is 2.37. The first-order valence-electron chi connectivity index (χ1n) is 13.5. The maximum absolute atomic E-state index is 13.3. The second kappa shape index (κ2) is 13.8. The van der Waals surface area contributed by atoms with E-state index in [1.807, 2.05) is 76.2 Å². The highest BCUT2D eigenvalue weighted by molar-refractivity contribution is 6.30. The van der Waals surface area contributed by atoms with Crippen molar-refractivity contribution in [3.8, 4) is 0 Å². The lowest BCUT2D eigenvalue weighted by Crippen LogP contribution is -2.52. The molecule has 0 spiro atoms. The Labute approximate surface area is 235 Å². The van der Waals surface area contributed by atoms with Gasteiger partial charge in [-0.1, -0.05) is 81.8 Å². The molecule has 1 aliphatic heterocycles. The summed E-state index contributed by atoms with van der Waals surface area (Å²) in [6, 6.07) is 15.4. The van der Waals surface area contributed by atoms with Crippen molar-refractivity contribution >= 4 is 29.5 Å². The third-order valence-corrected chi connectivity index (χ3v) is 7.40.